The van der Waals surface area contributed by atoms with Crippen LogP contribution in [0.2, 0.25) is 0 Å². The second kappa shape index (κ2) is 55.7. The van der Waals surface area contributed by atoms with Crippen molar-refractivity contribution in [1.82, 2.24) is 0 Å². The smallest absolute Gasteiger partial charge is 0.306 e. The first kappa shape index (κ1) is 64.1. The number of rotatable bonds is 52. The van der Waals surface area contributed by atoms with Gasteiger partial charge in [-0.15, -0.1) is 0 Å². The fourth-order valence-electron chi connectivity index (χ4n) is 8.26. The van der Waals surface area contributed by atoms with Gasteiger partial charge in [-0.05, 0) is 64.2 Å². The van der Waals surface area contributed by atoms with E-state index in [-0.39, 0.29) is 31.1 Å². The third kappa shape index (κ3) is 53.9. The van der Waals surface area contributed by atoms with Crippen molar-refractivity contribution in [3.8, 4) is 0 Å². The van der Waals surface area contributed by atoms with Gasteiger partial charge in [0.15, 0.2) is 6.10 Å². The Morgan fingerprint density at radius 2 is 0.582 bits per heavy atom. The number of unbranched alkanes of at least 4 members (excludes halogenated alkanes) is 34. The van der Waals surface area contributed by atoms with Gasteiger partial charge in [-0.1, -0.05) is 268 Å². The summed E-state index contributed by atoms with van der Waals surface area (Å²) in [5.41, 5.74) is 0. The highest BCUT2D eigenvalue weighted by molar-refractivity contribution is 5.71. The molecule has 1 unspecified atom stereocenters. The average molecular weight is 938 g/mol. The molecule has 388 valence electrons. The number of ether oxygens (including phenoxy) is 3. The summed E-state index contributed by atoms with van der Waals surface area (Å²) in [6.07, 6.45) is 69.3. The van der Waals surface area contributed by atoms with Crippen LogP contribution in [-0.4, -0.2) is 37.2 Å². The standard InChI is InChI=1S/C61H108O6/c1-4-7-10-13-16-19-22-25-28-30-31-34-36-39-42-45-48-51-54-60(63)66-57-58(56-65-59(62)53-50-47-44-41-38-35-32-27-24-21-18-15-12-9-6-3)67-61(64)55-52-49-46-43-40-37-33-29-26-23-20-17-14-11-8-5-2/h9,12,15,18,21,24,29,33,37,40,58H,4-8,10-11,13-14,16-17,19-20,22-23,25-28,30-32,34-36,38-39,41-57H2,1-3H3/b12-9-,18-15-,24-21-,33-29-,40-37-. The van der Waals surface area contributed by atoms with Crippen molar-refractivity contribution in [2.45, 2.75) is 297 Å². The Morgan fingerprint density at radius 1 is 0.313 bits per heavy atom. The number of carbonyl (C=O) groups is 3. The average Bonchev–Trinajstić information content (AvgIpc) is 3.33. The molecule has 0 bridgehead atoms. The zero-order valence-electron chi connectivity index (χ0n) is 44.4. The van der Waals surface area contributed by atoms with Crippen LogP contribution in [0.3, 0.4) is 0 Å². The summed E-state index contributed by atoms with van der Waals surface area (Å²) in [7, 11) is 0. The molecule has 0 aliphatic rings. The van der Waals surface area contributed by atoms with E-state index in [0.29, 0.717) is 19.3 Å². The highest BCUT2D eigenvalue weighted by Gasteiger charge is 2.19. The van der Waals surface area contributed by atoms with E-state index in [1.54, 1.807) is 0 Å². The van der Waals surface area contributed by atoms with E-state index in [1.165, 1.54) is 167 Å². The van der Waals surface area contributed by atoms with Gasteiger partial charge in [-0.2, -0.15) is 0 Å². The Balaban J connectivity index is 4.40. The topological polar surface area (TPSA) is 78.9 Å². The molecule has 0 aromatic rings. The van der Waals surface area contributed by atoms with Crippen LogP contribution in [0.4, 0.5) is 0 Å². The van der Waals surface area contributed by atoms with Crippen LogP contribution in [0.5, 0.6) is 0 Å². The highest BCUT2D eigenvalue weighted by Crippen LogP contribution is 2.16. The zero-order valence-corrected chi connectivity index (χ0v) is 44.4. The van der Waals surface area contributed by atoms with Gasteiger partial charge < -0.3 is 14.2 Å². The highest BCUT2D eigenvalue weighted by atomic mass is 16.6. The van der Waals surface area contributed by atoms with Crippen LogP contribution in [-0.2, 0) is 28.6 Å². The minimum atomic E-state index is -0.791. The summed E-state index contributed by atoms with van der Waals surface area (Å²) in [5, 5.41) is 0. The first-order valence-electron chi connectivity index (χ1n) is 28.8. The summed E-state index contributed by atoms with van der Waals surface area (Å²) in [6, 6.07) is 0. The van der Waals surface area contributed by atoms with Crippen molar-refractivity contribution >= 4 is 17.9 Å². The lowest BCUT2D eigenvalue weighted by atomic mass is 10.0. The fraction of sp³-hybridized carbons (Fsp3) is 0.787. The van der Waals surface area contributed by atoms with Crippen molar-refractivity contribution in [3.63, 3.8) is 0 Å². The predicted molar refractivity (Wildman–Crippen MR) is 288 cm³/mol. The van der Waals surface area contributed by atoms with Gasteiger partial charge in [-0.25, -0.2) is 0 Å². The summed E-state index contributed by atoms with van der Waals surface area (Å²) < 4.78 is 16.8. The molecule has 0 fully saturated rings. The normalized spacial score (nSPS) is 12.5. The fourth-order valence-corrected chi connectivity index (χ4v) is 8.26. The van der Waals surface area contributed by atoms with Crippen LogP contribution in [0.1, 0.15) is 290 Å². The first-order valence-corrected chi connectivity index (χ1v) is 28.8. The Kier molecular flexibility index (Phi) is 53.3. The summed E-state index contributed by atoms with van der Waals surface area (Å²) in [5.74, 6) is -0.913. The third-order valence-electron chi connectivity index (χ3n) is 12.6. The van der Waals surface area contributed by atoms with Gasteiger partial charge >= 0.3 is 17.9 Å². The van der Waals surface area contributed by atoms with E-state index < -0.39 is 6.10 Å². The molecule has 0 amide bonds. The summed E-state index contributed by atoms with van der Waals surface area (Å²) >= 11 is 0. The Labute approximate surface area is 415 Å². The molecular weight excluding hydrogens is 829 g/mol. The maximum Gasteiger partial charge on any atom is 0.306 e. The van der Waals surface area contributed by atoms with E-state index in [0.717, 1.165) is 83.5 Å². The SMILES string of the molecule is CC\C=C/C=C\C=C/CCCCCCCCCC(=O)OCC(COC(=O)CCCCCCCCCCCCCCCCCCCC)OC(=O)CCCCC/C=C\C=C/CCCCCCCCC. The zero-order chi connectivity index (χ0) is 48.6. The van der Waals surface area contributed by atoms with Crippen molar-refractivity contribution in [2.75, 3.05) is 13.2 Å². The van der Waals surface area contributed by atoms with Crippen LogP contribution in [0, 0.1) is 0 Å². The predicted octanol–water partition coefficient (Wildman–Crippen LogP) is 19.2. The Hall–Kier alpha value is -2.89. The third-order valence-corrected chi connectivity index (χ3v) is 12.6. The molecule has 0 aromatic carbocycles. The number of hydrogen-bond acceptors (Lipinski definition) is 6. The minimum Gasteiger partial charge on any atom is -0.462 e. The molecule has 6 heteroatoms. The van der Waals surface area contributed by atoms with E-state index >= 15 is 0 Å². The van der Waals surface area contributed by atoms with Crippen LogP contribution in [0.15, 0.2) is 60.8 Å². The first-order chi connectivity index (χ1) is 33.0. The molecule has 0 heterocycles. The second-order valence-electron chi connectivity index (χ2n) is 19.3. The Bertz CT molecular complexity index is 1210. The largest absolute Gasteiger partial charge is 0.462 e. The van der Waals surface area contributed by atoms with Gasteiger partial charge in [0, 0.05) is 19.3 Å². The van der Waals surface area contributed by atoms with E-state index in [2.05, 4.69) is 81.5 Å². The molecule has 6 nitrogen and oxygen atoms in total. The van der Waals surface area contributed by atoms with Crippen molar-refractivity contribution < 1.29 is 28.6 Å². The summed E-state index contributed by atoms with van der Waals surface area (Å²) in [6.45, 7) is 6.50. The lowest BCUT2D eigenvalue weighted by Crippen LogP contribution is -2.30. The number of esters is 3. The molecule has 0 N–H and O–H groups in total. The summed E-state index contributed by atoms with van der Waals surface area (Å²) in [4.78, 5) is 38.1. The molecule has 0 radical (unpaired) electrons. The second-order valence-corrected chi connectivity index (χ2v) is 19.3. The van der Waals surface area contributed by atoms with Crippen LogP contribution >= 0.6 is 0 Å². The molecule has 0 aliphatic carbocycles. The van der Waals surface area contributed by atoms with E-state index in [4.69, 9.17) is 14.2 Å². The maximum atomic E-state index is 12.8. The van der Waals surface area contributed by atoms with Gasteiger partial charge in [0.1, 0.15) is 13.2 Å². The van der Waals surface area contributed by atoms with Crippen molar-refractivity contribution in [1.29, 1.82) is 0 Å². The van der Waals surface area contributed by atoms with E-state index in [9.17, 15) is 14.4 Å². The van der Waals surface area contributed by atoms with Gasteiger partial charge in [0.05, 0.1) is 0 Å². The lowest BCUT2D eigenvalue weighted by Gasteiger charge is -2.18. The van der Waals surface area contributed by atoms with Gasteiger partial charge in [0.2, 0.25) is 0 Å². The molecule has 0 saturated carbocycles. The molecule has 0 spiro atoms. The molecule has 1 atom stereocenters. The number of allylic oxidation sites excluding steroid dienone is 10. The number of carbonyl (C=O) groups excluding carboxylic acids is 3. The lowest BCUT2D eigenvalue weighted by molar-refractivity contribution is -0.167. The molecular formula is C61H108O6. The van der Waals surface area contributed by atoms with Gasteiger partial charge in [-0.3, -0.25) is 14.4 Å². The molecule has 0 saturated heterocycles. The maximum absolute atomic E-state index is 12.8. The van der Waals surface area contributed by atoms with Crippen molar-refractivity contribution in [2.24, 2.45) is 0 Å². The molecule has 0 aromatic heterocycles. The quantitative estimate of drug-likeness (QED) is 0.0262. The molecule has 0 aliphatic heterocycles. The number of hydrogen-bond donors (Lipinski definition) is 0. The molecule has 67 heavy (non-hydrogen) atoms. The van der Waals surface area contributed by atoms with Crippen molar-refractivity contribution in [3.05, 3.63) is 60.8 Å². The van der Waals surface area contributed by atoms with Gasteiger partial charge in [0.25, 0.3) is 0 Å². The van der Waals surface area contributed by atoms with E-state index in [1.807, 2.05) is 0 Å². The Morgan fingerprint density at radius 3 is 0.925 bits per heavy atom. The van der Waals surface area contributed by atoms with Crippen LogP contribution in [0.25, 0.3) is 0 Å². The minimum absolute atomic E-state index is 0.0863. The monoisotopic (exact) mass is 937 g/mol. The molecule has 0 rings (SSSR count). The van der Waals surface area contributed by atoms with Crippen LogP contribution < -0.4 is 0 Å².